The maximum atomic E-state index is 4.11. The summed E-state index contributed by atoms with van der Waals surface area (Å²) in [4.78, 5) is 5.54. The van der Waals surface area contributed by atoms with Gasteiger partial charge in [-0.15, -0.1) is 11.3 Å². The summed E-state index contributed by atoms with van der Waals surface area (Å²) in [6.07, 6.45) is 3.74. The first kappa shape index (κ1) is 12.3. The minimum atomic E-state index is 0.187. The van der Waals surface area contributed by atoms with Crippen LogP contribution in [0.2, 0.25) is 0 Å². The molecule has 0 saturated carbocycles. The van der Waals surface area contributed by atoms with Gasteiger partial charge in [0.1, 0.15) is 0 Å². The molecule has 0 radical (unpaired) electrons. The number of nitrogens with zero attached hydrogens (tertiary/aromatic N) is 2. The van der Waals surface area contributed by atoms with Crippen molar-refractivity contribution in [3.8, 4) is 0 Å². The molecule has 0 bridgehead atoms. The Morgan fingerprint density at radius 3 is 2.88 bits per heavy atom. The first-order chi connectivity index (χ1) is 8.09. The molecule has 0 aliphatic carbocycles. The van der Waals surface area contributed by atoms with Gasteiger partial charge in [-0.1, -0.05) is 19.9 Å². The molecule has 2 aromatic heterocycles. The van der Waals surface area contributed by atoms with Crippen LogP contribution in [0.4, 0.5) is 0 Å². The number of thiophene rings is 1. The third kappa shape index (κ3) is 2.96. The highest BCUT2D eigenvalue weighted by atomic mass is 32.1. The van der Waals surface area contributed by atoms with E-state index in [2.05, 4.69) is 41.7 Å². The Bertz CT molecular complexity index is 457. The molecule has 0 saturated heterocycles. The second-order valence-electron chi connectivity index (χ2n) is 4.96. The zero-order chi connectivity index (χ0) is 12.3. The number of nitrogens with one attached hydrogen (secondary N) is 1. The molecule has 2 rings (SSSR count). The van der Waals surface area contributed by atoms with Crippen molar-refractivity contribution in [2.24, 2.45) is 7.05 Å². The quantitative estimate of drug-likeness (QED) is 0.882. The van der Waals surface area contributed by atoms with Crippen LogP contribution in [-0.4, -0.2) is 16.1 Å². The van der Waals surface area contributed by atoms with Crippen LogP contribution in [0.5, 0.6) is 0 Å². The lowest BCUT2D eigenvalue weighted by Crippen LogP contribution is -2.32. The number of hydrogen-bond acceptors (Lipinski definition) is 3. The van der Waals surface area contributed by atoms with Gasteiger partial charge in [0.15, 0.2) is 0 Å². The molecule has 4 heteroatoms. The van der Waals surface area contributed by atoms with Crippen LogP contribution in [0.1, 0.15) is 24.4 Å². The maximum absolute atomic E-state index is 4.11. The first-order valence-corrected chi connectivity index (χ1v) is 6.67. The second-order valence-corrected chi connectivity index (χ2v) is 5.91. The zero-order valence-electron chi connectivity index (χ0n) is 10.6. The molecule has 2 aromatic rings. The van der Waals surface area contributed by atoms with Gasteiger partial charge in [0.25, 0.3) is 0 Å². The van der Waals surface area contributed by atoms with E-state index in [1.165, 1.54) is 10.6 Å². The molecule has 0 unspecified atom stereocenters. The second kappa shape index (κ2) is 5.02. The standard InChI is InChI=1S/C13H19N3S/c1-13(2,12-5-4-6-17-12)9-14-7-11-8-15-10-16(11)3/h4-6,8,10,14H,7,9H2,1-3H3. The Hall–Kier alpha value is -1.13. The minimum Gasteiger partial charge on any atom is -0.337 e. The van der Waals surface area contributed by atoms with Crippen LogP contribution in [0.3, 0.4) is 0 Å². The molecule has 0 amide bonds. The summed E-state index contributed by atoms with van der Waals surface area (Å²) in [7, 11) is 2.02. The van der Waals surface area contributed by atoms with Crippen LogP contribution >= 0.6 is 11.3 Å². The average Bonchev–Trinajstić information content (AvgIpc) is 2.90. The molecular weight excluding hydrogens is 230 g/mol. The Balaban J connectivity index is 1.88. The van der Waals surface area contributed by atoms with Crippen LogP contribution in [-0.2, 0) is 19.0 Å². The van der Waals surface area contributed by atoms with E-state index in [0.717, 1.165) is 13.1 Å². The van der Waals surface area contributed by atoms with Crippen molar-refractivity contribution in [1.29, 1.82) is 0 Å². The van der Waals surface area contributed by atoms with E-state index < -0.39 is 0 Å². The van der Waals surface area contributed by atoms with Crippen LogP contribution < -0.4 is 5.32 Å². The summed E-state index contributed by atoms with van der Waals surface area (Å²) >= 11 is 1.82. The fourth-order valence-corrected chi connectivity index (χ4v) is 2.66. The SMILES string of the molecule is Cn1cncc1CNCC(C)(C)c1cccs1. The van der Waals surface area contributed by atoms with Gasteiger partial charge in [-0.05, 0) is 11.4 Å². The van der Waals surface area contributed by atoms with Gasteiger partial charge in [0.05, 0.1) is 12.0 Å². The molecule has 0 aromatic carbocycles. The maximum Gasteiger partial charge on any atom is 0.0945 e. The fraction of sp³-hybridized carbons (Fsp3) is 0.462. The van der Waals surface area contributed by atoms with Crippen molar-refractivity contribution in [2.75, 3.05) is 6.54 Å². The lowest BCUT2D eigenvalue weighted by atomic mass is 9.91. The van der Waals surface area contributed by atoms with E-state index in [4.69, 9.17) is 0 Å². The van der Waals surface area contributed by atoms with Crippen molar-refractivity contribution in [3.63, 3.8) is 0 Å². The topological polar surface area (TPSA) is 29.9 Å². The van der Waals surface area contributed by atoms with Gasteiger partial charge in [0, 0.05) is 36.6 Å². The molecule has 0 aliphatic heterocycles. The zero-order valence-corrected chi connectivity index (χ0v) is 11.4. The van der Waals surface area contributed by atoms with Gasteiger partial charge in [-0.3, -0.25) is 0 Å². The predicted molar refractivity (Wildman–Crippen MR) is 72.3 cm³/mol. The van der Waals surface area contributed by atoms with Crippen LogP contribution in [0.15, 0.2) is 30.0 Å². The minimum absolute atomic E-state index is 0.187. The van der Waals surface area contributed by atoms with Crippen LogP contribution in [0, 0.1) is 0 Å². The highest BCUT2D eigenvalue weighted by Gasteiger charge is 2.20. The number of aryl methyl sites for hydroxylation is 1. The third-order valence-corrected chi connectivity index (χ3v) is 4.21. The van der Waals surface area contributed by atoms with Gasteiger partial charge < -0.3 is 9.88 Å². The summed E-state index contributed by atoms with van der Waals surface area (Å²) in [5, 5.41) is 5.64. The third-order valence-electron chi connectivity index (χ3n) is 2.98. The monoisotopic (exact) mass is 249 g/mol. The highest BCUT2D eigenvalue weighted by molar-refractivity contribution is 7.10. The number of imidazole rings is 1. The molecule has 17 heavy (non-hydrogen) atoms. The molecular formula is C13H19N3S. The lowest BCUT2D eigenvalue weighted by molar-refractivity contribution is 0.472. The summed E-state index contributed by atoms with van der Waals surface area (Å²) in [5.41, 5.74) is 1.40. The molecule has 0 atom stereocenters. The molecule has 0 spiro atoms. The Morgan fingerprint density at radius 2 is 2.29 bits per heavy atom. The van der Waals surface area contributed by atoms with E-state index in [1.807, 2.05) is 35.5 Å². The smallest absolute Gasteiger partial charge is 0.0945 e. The summed E-state index contributed by atoms with van der Waals surface area (Å²) < 4.78 is 2.05. The van der Waals surface area contributed by atoms with Gasteiger partial charge in [0.2, 0.25) is 0 Å². The summed E-state index contributed by atoms with van der Waals surface area (Å²) in [6.45, 7) is 6.38. The number of hydrogen-bond donors (Lipinski definition) is 1. The molecule has 1 N–H and O–H groups in total. The molecule has 3 nitrogen and oxygen atoms in total. The lowest BCUT2D eigenvalue weighted by Gasteiger charge is -2.23. The van der Waals surface area contributed by atoms with Gasteiger partial charge in [-0.25, -0.2) is 4.98 Å². The molecule has 2 heterocycles. The first-order valence-electron chi connectivity index (χ1n) is 5.79. The van der Waals surface area contributed by atoms with E-state index in [9.17, 15) is 0 Å². The van der Waals surface area contributed by atoms with Crippen LogP contribution in [0.25, 0.3) is 0 Å². The average molecular weight is 249 g/mol. The molecule has 0 fully saturated rings. The largest absolute Gasteiger partial charge is 0.337 e. The Kier molecular flexibility index (Phi) is 3.64. The van der Waals surface area contributed by atoms with Crippen molar-refractivity contribution in [2.45, 2.75) is 25.8 Å². The highest BCUT2D eigenvalue weighted by Crippen LogP contribution is 2.26. The van der Waals surface area contributed by atoms with E-state index in [1.54, 1.807) is 0 Å². The van der Waals surface area contributed by atoms with E-state index >= 15 is 0 Å². The summed E-state index contributed by atoms with van der Waals surface area (Å²) in [6, 6.07) is 4.32. The fourth-order valence-electron chi connectivity index (χ4n) is 1.81. The number of rotatable bonds is 5. The van der Waals surface area contributed by atoms with Gasteiger partial charge in [-0.2, -0.15) is 0 Å². The van der Waals surface area contributed by atoms with E-state index in [0.29, 0.717) is 0 Å². The van der Waals surface area contributed by atoms with Crippen molar-refractivity contribution >= 4 is 11.3 Å². The van der Waals surface area contributed by atoms with Gasteiger partial charge >= 0.3 is 0 Å². The van der Waals surface area contributed by atoms with Crippen molar-refractivity contribution in [1.82, 2.24) is 14.9 Å². The number of aromatic nitrogens is 2. The normalized spacial score (nSPS) is 11.9. The molecule has 0 aliphatic rings. The van der Waals surface area contributed by atoms with E-state index in [-0.39, 0.29) is 5.41 Å². The Labute approximate surface area is 107 Å². The predicted octanol–water partition coefficient (Wildman–Crippen LogP) is 2.55. The Morgan fingerprint density at radius 1 is 1.47 bits per heavy atom. The van der Waals surface area contributed by atoms with Crippen molar-refractivity contribution < 1.29 is 0 Å². The summed E-state index contributed by atoms with van der Waals surface area (Å²) in [5.74, 6) is 0. The molecule has 92 valence electrons. The van der Waals surface area contributed by atoms with Crippen molar-refractivity contribution in [3.05, 3.63) is 40.6 Å².